The van der Waals surface area contributed by atoms with Gasteiger partial charge in [-0.05, 0) is 29.7 Å². The van der Waals surface area contributed by atoms with Crippen molar-refractivity contribution in [3.8, 4) is 11.4 Å². The highest BCUT2D eigenvalue weighted by molar-refractivity contribution is 7.99. The SMILES string of the molecule is O=C(CSc1nc(-c2cccc(Cl)c2)nc2cc(=O)[nH]n12)N1CCc2ccccc2C1. The van der Waals surface area contributed by atoms with Gasteiger partial charge in [0.15, 0.2) is 16.6 Å². The van der Waals surface area contributed by atoms with Crippen LogP contribution in [-0.4, -0.2) is 42.7 Å². The molecule has 3 heterocycles. The number of nitrogens with one attached hydrogen (secondary N) is 1. The molecule has 0 atom stereocenters. The second-order valence-electron chi connectivity index (χ2n) is 7.28. The van der Waals surface area contributed by atoms with Gasteiger partial charge in [-0.1, -0.05) is 59.8 Å². The van der Waals surface area contributed by atoms with E-state index in [9.17, 15) is 9.59 Å². The minimum absolute atomic E-state index is 0.0325. The number of hydrogen-bond donors (Lipinski definition) is 1. The molecule has 156 valence electrons. The predicted molar refractivity (Wildman–Crippen MR) is 120 cm³/mol. The maximum Gasteiger partial charge on any atom is 0.266 e. The normalized spacial score (nSPS) is 13.4. The molecule has 0 saturated heterocycles. The molecule has 2 aromatic carbocycles. The van der Waals surface area contributed by atoms with Crippen LogP contribution in [0.1, 0.15) is 11.1 Å². The Morgan fingerprint density at radius 1 is 1.10 bits per heavy atom. The number of nitrogens with zero attached hydrogens (tertiary/aromatic N) is 4. The fourth-order valence-electron chi connectivity index (χ4n) is 3.66. The third-order valence-electron chi connectivity index (χ3n) is 5.22. The smallest absolute Gasteiger partial charge is 0.266 e. The van der Waals surface area contributed by atoms with Crippen LogP contribution in [0.3, 0.4) is 0 Å². The fourth-order valence-corrected chi connectivity index (χ4v) is 4.71. The van der Waals surface area contributed by atoms with E-state index in [-0.39, 0.29) is 17.2 Å². The molecule has 1 amide bonds. The number of hydrogen-bond acceptors (Lipinski definition) is 5. The van der Waals surface area contributed by atoms with E-state index in [1.165, 1.54) is 33.5 Å². The maximum absolute atomic E-state index is 12.9. The summed E-state index contributed by atoms with van der Waals surface area (Å²) >= 11 is 7.39. The molecule has 1 N–H and O–H groups in total. The summed E-state index contributed by atoms with van der Waals surface area (Å²) in [5.74, 6) is 0.692. The molecule has 0 saturated carbocycles. The first-order chi connectivity index (χ1) is 15.1. The van der Waals surface area contributed by atoms with Crippen molar-refractivity contribution in [2.45, 2.75) is 18.1 Å². The molecular formula is C22H18ClN5O2S. The van der Waals surface area contributed by atoms with Crippen molar-refractivity contribution in [1.82, 2.24) is 24.5 Å². The Labute approximate surface area is 187 Å². The first-order valence-corrected chi connectivity index (χ1v) is 11.2. The minimum atomic E-state index is -0.279. The van der Waals surface area contributed by atoms with Crippen molar-refractivity contribution in [3.05, 3.63) is 81.1 Å². The van der Waals surface area contributed by atoms with E-state index in [0.29, 0.717) is 34.7 Å². The molecule has 31 heavy (non-hydrogen) atoms. The lowest BCUT2D eigenvalue weighted by atomic mass is 10.00. The highest BCUT2D eigenvalue weighted by Gasteiger charge is 2.21. The Morgan fingerprint density at radius 3 is 2.77 bits per heavy atom. The number of aromatic amines is 1. The van der Waals surface area contributed by atoms with E-state index in [0.717, 1.165) is 12.0 Å². The van der Waals surface area contributed by atoms with Gasteiger partial charge in [0.05, 0.1) is 5.75 Å². The van der Waals surface area contributed by atoms with Gasteiger partial charge in [-0.25, -0.2) is 14.5 Å². The van der Waals surface area contributed by atoms with Crippen LogP contribution < -0.4 is 5.56 Å². The largest absolute Gasteiger partial charge is 0.337 e. The first-order valence-electron chi connectivity index (χ1n) is 9.80. The molecule has 5 rings (SSSR count). The van der Waals surface area contributed by atoms with E-state index in [1.54, 1.807) is 12.1 Å². The van der Waals surface area contributed by atoms with Gasteiger partial charge in [-0.15, -0.1) is 0 Å². The average molecular weight is 452 g/mol. The van der Waals surface area contributed by atoms with Crippen molar-refractivity contribution in [2.75, 3.05) is 12.3 Å². The van der Waals surface area contributed by atoms with E-state index < -0.39 is 0 Å². The zero-order valence-electron chi connectivity index (χ0n) is 16.4. The Morgan fingerprint density at radius 2 is 1.94 bits per heavy atom. The number of aromatic nitrogens is 4. The monoisotopic (exact) mass is 451 g/mol. The number of amides is 1. The number of carbonyl (C=O) groups is 1. The summed E-state index contributed by atoms with van der Waals surface area (Å²) in [4.78, 5) is 35.7. The molecular weight excluding hydrogens is 434 g/mol. The van der Waals surface area contributed by atoms with E-state index in [1.807, 2.05) is 29.2 Å². The number of H-pyrrole nitrogens is 1. The average Bonchev–Trinajstić information content (AvgIpc) is 3.17. The zero-order chi connectivity index (χ0) is 21.4. The van der Waals surface area contributed by atoms with Gasteiger partial charge in [0.1, 0.15) is 0 Å². The molecule has 1 aliphatic rings. The van der Waals surface area contributed by atoms with Crippen LogP contribution in [0.5, 0.6) is 0 Å². The summed E-state index contributed by atoms with van der Waals surface area (Å²) < 4.78 is 1.51. The van der Waals surface area contributed by atoms with E-state index in [2.05, 4.69) is 27.2 Å². The third kappa shape index (κ3) is 4.08. The Kier molecular flexibility index (Phi) is 5.25. The van der Waals surface area contributed by atoms with Crippen LogP contribution in [-0.2, 0) is 17.8 Å². The number of carbonyl (C=O) groups excluding carboxylic acids is 1. The Balaban J connectivity index is 1.40. The van der Waals surface area contributed by atoms with Crippen molar-refractivity contribution in [3.63, 3.8) is 0 Å². The molecule has 0 radical (unpaired) electrons. The van der Waals surface area contributed by atoms with Crippen molar-refractivity contribution < 1.29 is 4.79 Å². The van der Waals surface area contributed by atoms with E-state index in [4.69, 9.17) is 11.6 Å². The Hall–Kier alpha value is -3.10. The lowest BCUT2D eigenvalue weighted by Crippen LogP contribution is -2.37. The zero-order valence-corrected chi connectivity index (χ0v) is 18.0. The summed E-state index contributed by atoms with van der Waals surface area (Å²) in [5, 5.41) is 3.76. The van der Waals surface area contributed by atoms with Gasteiger partial charge in [-0.2, -0.15) is 0 Å². The summed E-state index contributed by atoms with van der Waals surface area (Å²) in [6.45, 7) is 1.31. The van der Waals surface area contributed by atoms with Gasteiger partial charge >= 0.3 is 0 Å². The lowest BCUT2D eigenvalue weighted by molar-refractivity contribution is -0.129. The van der Waals surface area contributed by atoms with Gasteiger partial charge in [-0.3, -0.25) is 14.7 Å². The van der Waals surface area contributed by atoms with Crippen LogP contribution >= 0.6 is 23.4 Å². The first kappa shape index (κ1) is 19.8. The van der Waals surface area contributed by atoms with Crippen molar-refractivity contribution in [1.29, 1.82) is 0 Å². The predicted octanol–water partition coefficient (Wildman–Crippen LogP) is 3.42. The van der Waals surface area contributed by atoms with Gasteiger partial charge in [0.25, 0.3) is 5.56 Å². The molecule has 4 aromatic rings. The van der Waals surface area contributed by atoms with Crippen LogP contribution in [0.15, 0.2) is 64.5 Å². The topological polar surface area (TPSA) is 83.4 Å². The highest BCUT2D eigenvalue weighted by Crippen LogP contribution is 2.25. The van der Waals surface area contributed by atoms with Gasteiger partial charge in [0.2, 0.25) is 5.91 Å². The van der Waals surface area contributed by atoms with Crippen LogP contribution in [0.25, 0.3) is 17.0 Å². The van der Waals surface area contributed by atoms with Gasteiger partial charge < -0.3 is 4.90 Å². The molecule has 0 spiro atoms. The third-order valence-corrected chi connectivity index (χ3v) is 6.37. The molecule has 9 heteroatoms. The number of rotatable bonds is 4. The highest BCUT2D eigenvalue weighted by atomic mass is 35.5. The number of benzene rings is 2. The summed E-state index contributed by atoms with van der Waals surface area (Å²) in [6.07, 6.45) is 0.855. The van der Waals surface area contributed by atoms with Crippen LogP contribution in [0.4, 0.5) is 0 Å². The quantitative estimate of drug-likeness (QED) is 0.481. The number of halogens is 1. The molecule has 2 aromatic heterocycles. The second kappa shape index (κ2) is 8.20. The molecule has 0 bridgehead atoms. The summed E-state index contributed by atoms with van der Waals surface area (Å²) in [7, 11) is 0. The summed E-state index contributed by atoms with van der Waals surface area (Å²) in [6, 6.07) is 16.8. The summed E-state index contributed by atoms with van der Waals surface area (Å²) in [5.41, 5.74) is 3.39. The minimum Gasteiger partial charge on any atom is -0.337 e. The standard InChI is InChI=1S/C22H18ClN5O2S/c23-17-7-3-6-15(10-17)21-24-18-11-19(29)26-28(18)22(25-21)31-13-20(30)27-9-8-14-4-1-2-5-16(14)12-27/h1-7,10-11H,8-9,12-13H2,(H,26,29). The van der Waals surface area contributed by atoms with E-state index >= 15 is 0 Å². The molecule has 0 aliphatic carbocycles. The number of fused-ring (bicyclic) bond motifs is 2. The van der Waals surface area contributed by atoms with Crippen LogP contribution in [0, 0.1) is 0 Å². The molecule has 1 aliphatic heterocycles. The van der Waals surface area contributed by atoms with Gasteiger partial charge in [0, 0.05) is 29.7 Å². The number of thioether (sulfide) groups is 1. The molecule has 7 nitrogen and oxygen atoms in total. The molecule has 0 fully saturated rings. The molecule has 0 unspecified atom stereocenters. The van der Waals surface area contributed by atoms with Crippen LogP contribution in [0.2, 0.25) is 5.02 Å². The Bertz CT molecular complexity index is 1350. The van der Waals surface area contributed by atoms with Crippen molar-refractivity contribution in [2.24, 2.45) is 0 Å². The maximum atomic E-state index is 12.9. The fraction of sp³-hybridized carbons (Fsp3) is 0.182. The van der Waals surface area contributed by atoms with Crippen molar-refractivity contribution >= 4 is 34.9 Å². The lowest BCUT2D eigenvalue weighted by Gasteiger charge is -2.28. The second-order valence-corrected chi connectivity index (χ2v) is 8.66.